The second-order valence-corrected chi connectivity index (χ2v) is 6.42. The van der Waals surface area contributed by atoms with Crippen LogP contribution in [0, 0.1) is 0 Å². The number of hydrogen-bond donors (Lipinski definition) is 0. The third-order valence-electron chi connectivity index (χ3n) is 4.22. The van der Waals surface area contributed by atoms with E-state index in [0.717, 1.165) is 6.29 Å². The van der Waals surface area contributed by atoms with Gasteiger partial charge in [0, 0.05) is 18.0 Å². The first kappa shape index (κ1) is 21.9. The summed E-state index contributed by atoms with van der Waals surface area (Å²) in [5.41, 5.74) is 0.910. The van der Waals surface area contributed by atoms with E-state index in [2.05, 4.69) is 4.98 Å². The number of rotatable bonds is 12. The Labute approximate surface area is 180 Å². The van der Waals surface area contributed by atoms with Crippen molar-refractivity contribution in [2.24, 2.45) is 0 Å². The smallest absolute Gasteiger partial charge is 0.338 e. The van der Waals surface area contributed by atoms with Gasteiger partial charge >= 0.3 is 5.97 Å². The second-order valence-electron chi connectivity index (χ2n) is 6.42. The van der Waals surface area contributed by atoms with Crippen molar-refractivity contribution in [3.05, 3.63) is 72.3 Å². The standard InChI is InChI=1S/C23H24N2O6/c1-2-28-23(27)19-6-7-21(30-11-10-25-9-8-24-17-25)22(15-19)31-13-12-29-20-5-3-4-18(14-20)16-26/h3-9,14-17H,2,10-13H2,1H3. The predicted octanol–water partition coefficient (Wildman–Crippen LogP) is 3.41. The normalized spacial score (nSPS) is 10.4. The lowest BCUT2D eigenvalue weighted by molar-refractivity contribution is 0.0525. The van der Waals surface area contributed by atoms with E-state index in [0.29, 0.717) is 41.5 Å². The molecule has 1 heterocycles. The van der Waals surface area contributed by atoms with Gasteiger partial charge in [0.15, 0.2) is 11.5 Å². The van der Waals surface area contributed by atoms with Gasteiger partial charge in [-0.15, -0.1) is 0 Å². The molecule has 3 aromatic rings. The summed E-state index contributed by atoms with van der Waals surface area (Å²) in [6, 6.07) is 11.8. The van der Waals surface area contributed by atoms with E-state index in [-0.39, 0.29) is 19.8 Å². The van der Waals surface area contributed by atoms with E-state index in [4.69, 9.17) is 18.9 Å². The van der Waals surface area contributed by atoms with Crippen molar-refractivity contribution in [1.29, 1.82) is 0 Å². The molecular formula is C23H24N2O6. The molecule has 0 radical (unpaired) electrons. The number of ether oxygens (including phenoxy) is 4. The first-order valence-corrected chi connectivity index (χ1v) is 9.90. The third kappa shape index (κ3) is 6.60. The Morgan fingerprint density at radius 1 is 1.03 bits per heavy atom. The summed E-state index contributed by atoms with van der Waals surface area (Å²) in [4.78, 5) is 26.9. The minimum Gasteiger partial charge on any atom is -0.490 e. The molecule has 2 aromatic carbocycles. The van der Waals surface area contributed by atoms with Gasteiger partial charge in [0.25, 0.3) is 0 Å². The lowest BCUT2D eigenvalue weighted by Crippen LogP contribution is -2.12. The first-order valence-electron chi connectivity index (χ1n) is 9.90. The SMILES string of the molecule is CCOC(=O)c1ccc(OCCn2ccnc2)c(OCCOc2cccc(C=O)c2)c1. The molecule has 0 unspecified atom stereocenters. The van der Waals surface area contributed by atoms with Gasteiger partial charge in [-0.3, -0.25) is 4.79 Å². The van der Waals surface area contributed by atoms with Crippen LogP contribution in [0.25, 0.3) is 0 Å². The highest BCUT2D eigenvalue weighted by atomic mass is 16.5. The van der Waals surface area contributed by atoms with Gasteiger partial charge in [-0.2, -0.15) is 0 Å². The fourth-order valence-corrected chi connectivity index (χ4v) is 2.75. The van der Waals surface area contributed by atoms with E-state index in [1.54, 1.807) is 61.9 Å². The van der Waals surface area contributed by atoms with E-state index in [9.17, 15) is 9.59 Å². The molecule has 0 aliphatic rings. The maximum Gasteiger partial charge on any atom is 0.338 e. The molecule has 3 rings (SSSR count). The molecule has 0 N–H and O–H groups in total. The van der Waals surface area contributed by atoms with Crippen molar-refractivity contribution in [3.8, 4) is 17.2 Å². The molecule has 0 atom stereocenters. The van der Waals surface area contributed by atoms with E-state index in [1.807, 2.05) is 10.8 Å². The second kappa shape index (κ2) is 11.4. The average Bonchev–Trinajstić information content (AvgIpc) is 3.31. The Kier molecular flexibility index (Phi) is 8.05. The fraction of sp³-hybridized carbons (Fsp3) is 0.261. The quantitative estimate of drug-likeness (QED) is 0.250. The van der Waals surface area contributed by atoms with Crippen LogP contribution < -0.4 is 14.2 Å². The number of aldehydes is 1. The molecule has 8 heteroatoms. The molecule has 8 nitrogen and oxygen atoms in total. The Hall–Kier alpha value is -3.81. The summed E-state index contributed by atoms with van der Waals surface area (Å²) in [7, 11) is 0. The number of imidazole rings is 1. The lowest BCUT2D eigenvalue weighted by Gasteiger charge is -2.15. The highest BCUT2D eigenvalue weighted by molar-refractivity contribution is 5.90. The molecule has 0 aliphatic heterocycles. The van der Waals surface area contributed by atoms with Crippen LogP contribution in [0.5, 0.6) is 17.2 Å². The van der Waals surface area contributed by atoms with Crippen molar-refractivity contribution in [2.75, 3.05) is 26.4 Å². The number of esters is 1. The van der Waals surface area contributed by atoms with Crippen LogP contribution in [-0.2, 0) is 11.3 Å². The summed E-state index contributed by atoms with van der Waals surface area (Å²) >= 11 is 0. The van der Waals surface area contributed by atoms with Crippen LogP contribution in [-0.4, -0.2) is 48.2 Å². The Morgan fingerprint density at radius 3 is 2.65 bits per heavy atom. The molecule has 0 saturated heterocycles. The predicted molar refractivity (Wildman–Crippen MR) is 113 cm³/mol. The summed E-state index contributed by atoms with van der Waals surface area (Å²) < 4.78 is 24.3. The lowest BCUT2D eigenvalue weighted by atomic mass is 10.2. The average molecular weight is 424 g/mol. The van der Waals surface area contributed by atoms with Gasteiger partial charge in [0.2, 0.25) is 0 Å². The van der Waals surface area contributed by atoms with Crippen LogP contribution in [0.2, 0.25) is 0 Å². The van der Waals surface area contributed by atoms with Crippen LogP contribution in [0.1, 0.15) is 27.6 Å². The molecule has 0 spiro atoms. The number of aromatic nitrogens is 2. The molecule has 1 aromatic heterocycles. The number of carbonyl (C=O) groups is 2. The van der Waals surface area contributed by atoms with E-state index < -0.39 is 5.97 Å². The van der Waals surface area contributed by atoms with E-state index in [1.165, 1.54) is 0 Å². The van der Waals surface area contributed by atoms with Crippen LogP contribution in [0.3, 0.4) is 0 Å². The molecule has 0 saturated carbocycles. The molecule has 31 heavy (non-hydrogen) atoms. The van der Waals surface area contributed by atoms with Crippen molar-refractivity contribution in [2.45, 2.75) is 13.5 Å². The van der Waals surface area contributed by atoms with Gasteiger partial charge in [-0.1, -0.05) is 12.1 Å². The van der Waals surface area contributed by atoms with Gasteiger partial charge in [0.1, 0.15) is 31.9 Å². The minimum atomic E-state index is -0.431. The number of benzene rings is 2. The summed E-state index contributed by atoms with van der Waals surface area (Å²) in [6.45, 7) is 3.53. The number of nitrogens with zero attached hydrogens (tertiary/aromatic N) is 2. The van der Waals surface area contributed by atoms with Crippen LogP contribution in [0.15, 0.2) is 61.2 Å². The first-order chi connectivity index (χ1) is 15.2. The van der Waals surface area contributed by atoms with Crippen molar-refractivity contribution in [1.82, 2.24) is 9.55 Å². The molecular weight excluding hydrogens is 400 g/mol. The zero-order valence-corrected chi connectivity index (χ0v) is 17.2. The Morgan fingerprint density at radius 2 is 1.87 bits per heavy atom. The topological polar surface area (TPSA) is 88.9 Å². The minimum absolute atomic E-state index is 0.218. The maximum absolute atomic E-state index is 12.1. The van der Waals surface area contributed by atoms with Gasteiger partial charge in [0.05, 0.1) is 25.0 Å². The number of hydrogen-bond acceptors (Lipinski definition) is 7. The van der Waals surface area contributed by atoms with Crippen LogP contribution in [0.4, 0.5) is 0 Å². The van der Waals surface area contributed by atoms with Gasteiger partial charge < -0.3 is 23.5 Å². The molecule has 0 amide bonds. The molecule has 0 bridgehead atoms. The fourth-order valence-electron chi connectivity index (χ4n) is 2.75. The van der Waals surface area contributed by atoms with Crippen molar-refractivity contribution in [3.63, 3.8) is 0 Å². The Bertz CT molecular complexity index is 987. The summed E-state index contributed by atoms with van der Waals surface area (Å²) in [5, 5.41) is 0. The maximum atomic E-state index is 12.1. The largest absolute Gasteiger partial charge is 0.490 e. The molecule has 162 valence electrons. The highest BCUT2D eigenvalue weighted by Gasteiger charge is 2.13. The van der Waals surface area contributed by atoms with Crippen molar-refractivity contribution >= 4 is 12.3 Å². The number of carbonyl (C=O) groups excluding carboxylic acids is 2. The highest BCUT2D eigenvalue weighted by Crippen LogP contribution is 2.29. The van der Waals surface area contributed by atoms with E-state index >= 15 is 0 Å². The third-order valence-corrected chi connectivity index (χ3v) is 4.22. The van der Waals surface area contributed by atoms with Gasteiger partial charge in [-0.05, 0) is 37.3 Å². The zero-order chi connectivity index (χ0) is 21.9. The van der Waals surface area contributed by atoms with Crippen LogP contribution >= 0.6 is 0 Å². The molecule has 0 fully saturated rings. The van der Waals surface area contributed by atoms with Crippen molar-refractivity contribution < 1.29 is 28.5 Å². The molecule has 0 aliphatic carbocycles. The zero-order valence-electron chi connectivity index (χ0n) is 17.2. The monoisotopic (exact) mass is 424 g/mol. The Balaban J connectivity index is 1.61. The summed E-state index contributed by atoms with van der Waals surface area (Å²) in [5.74, 6) is 1.07. The summed E-state index contributed by atoms with van der Waals surface area (Å²) in [6.07, 6.45) is 6.02. The van der Waals surface area contributed by atoms with Gasteiger partial charge in [-0.25, -0.2) is 9.78 Å².